The van der Waals surface area contributed by atoms with Gasteiger partial charge in [-0.2, -0.15) is 5.26 Å². The molecule has 0 saturated heterocycles. The molecule has 28 heavy (non-hydrogen) atoms. The lowest BCUT2D eigenvalue weighted by atomic mass is 10.1. The highest BCUT2D eigenvalue weighted by atomic mass is 35.5. The fraction of sp³-hybridized carbons (Fsp3) is 0.0435. The van der Waals surface area contributed by atoms with Crippen molar-refractivity contribution in [2.75, 3.05) is 0 Å². The van der Waals surface area contributed by atoms with E-state index in [1.807, 2.05) is 72.8 Å². The zero-order valence-corrected chi connectivity index (χ0v) is 15.6. The number of nitrogens with one attached hydrogen (secondary N) is 1. The largest absolute Gasteiger partial charge is 0.488 e. The van der Waals surface area contributed by atoms with Crippen LogP contribution < -0.4 is 4.74 Å². The summed E-state index contributed by atoms with van der Waals surface area (Å²) in [6, 6.07) is 25.1. The van der Waals surface area contributed by atoms with E-state index in [0.29, 0.717) is 28.8 Å². The van der Waals surface area contributed by atoms with Crippen LogP contribution in [0.5, 0.6) is 5.75 Å². The number of nitriles is 1. The molecule has 0 bridgehead atoms. The van der Waals surface area contributed by atoms with E-state index in [4.69, 9.17) is 16.3 Å². The summed E-state index contributed by atoms with van der Waals surface area (Å²) in [4.78, 5) is 7.70. The first-order valence-corrected chi connectivity index (χ1v) is 9.14. The summed E-state index contributed by atoms with van der Waals surface area (Å²) < 4.78 is 5.98. The topological polar surface area (TPSA) is 61.7 Å². The zero-order chi connectivity index (χ0) is 19.3. The van der Waals surface area contributed by atoms with Gasteiger partial charge in [0.1, 0.15) is 24.3 Å². The molecule has 0 aliphatic rings. The Morgan fingerprint density at radius 3 is 2.61 bits per heavy atom. The number of hydrogen-bond donors (Lipinski definition) is 1. The lowest BCUT2D eigenvalue weighted by Gasteiger charge is -2.10. The first-order valence-electron chi connectivity index (χ1n) is 8.77. The molecule has 0 aliphatic heterocycles. The Balaban J connectivity index is 1.65. The van der Waals surface area contributed by atoms with E-state index in [0.717, 1.165) is 22.2 Å². The van der Waals surface area contributed by atoms with Crippen LogP contribution in [0.4, 0.5) is 0 Å². The van der Waals surface area contributed by atoms with Crippen molar-refractivity contribution in [2.24, 2.45) is 0 Å². The van der Waals surface area contributed by atoms with Crippen molar-refractivity contribution in [3.8, 4) is 11.8 Å². The van der Waals surface area contributed by atoms with Gasteiger partial charge < -0.3 is 9.72 Å². The van der Waals surface area contributed by atoms with Crippen LogP contribution in [0.15, 0.2) is 72.8 Å². The minimum atomic E-state index is 0.344. The number of fused-ring (bicyclic) bond motifs is 1. The van der Waals surface area contributed by atoms with E-state index in [2.05, 4.69) is 16.0 Å². The number of ether oxygens (including phenoxy) is 1. The van der Waals surface area contributed by atoms with Gasteiger partial charge in [-0.15, -0.1) is 0 Å². The first kappa shape index (κ1) is 17.8. The molecule has 0 aliphatic carbocycles. The number of para-hydroxylation sites is 3. The van der Waals surface area contributed by atoms with Gasteiger partial charge in [0.2, 0.25) is 0 Å². The molecule has 4 rings (SSSR count). The smallest absolute Gasteiger partial charge is 0.149 e. The van der Waals surface area contributed by atoms with Gasteiger partial charge in [0.15, 0.2) is 0 Å². The molecule has 4 nitrogen and oxygen atoms in total. The van der Waals surface area contributed by atoms with Gasteiger partial charge in [0.05, 0.1) is 16.6 Å². The van der Waals surface area contributed by atoms with Crippen LogP contribution in [0.25, 0.3) is 22.7 Å². The van der Waals surface area contributed by atoms with Gasteiger partial charge in [0, 0.05) is 16.1 Å². The van der Waals surface area contributed by atoms with E-state index in [-0.39, 0.29) is 0 Å². The molecule has 0 unspecified atom stereocenters. The highest BCUT2D eigenvalue weighted by molar-refractivity contribution is 6.31. The van der Waals surface area contributed by atoms with Crippen molar-refractivity contribution in [1.29, 1.82) is 5.26 Å². The van der Waals surface area contributed by atoms with Crippen molar-refractivity contribution in [1.82, 2.24) is 9.97 Å². The summed E-state index contributed by atoms with van der Waals surface area (Å²) in [5, 5.41) is 10.3. The lowest BCUT2D eigenvalue weighted by Crippen LogP contribution is -1.98. The quantitative estimate of drug-likeness (QED) is 0.437. The number of imidazole rings is 1. The van der Waals surface area contributed by atoms with Gasteiger partial charge in [0.25, 0.3) is 0 Å². The van der Waals surface area contributed by atoms with Gasteiger partial charge in [-0.1, -0.05) is 60.1 Å². The standard InChI is InChI=1S/C23H16ClN3O/c24-19-9-3-1-8-17(19)15-28-22-12-6-2-7-16(22)13-18(14-25)23-26-20-10-4-5-11-21(20)27-23/h1-13H,15H2,(H,26,27)/b18-13+. The second-order valence-corrected chi connectivity index (χ2v) is 6.60. The van der Waals surface area contributed by atoms with Crippen LogP contribution in [0, 0.1) is 11.3 Å². The number of H-pyrrole nitrogens is 1. The van der Waals surface area contributed by atoms with Crippen molar-refractivity contribution in [3.05, 3.63) is 94.8 Å². The third kappa shape index (κ3) is 3.75. The molecule has 1 heterocycles. The number of hydrogen-bond acceptors (Lipinski definition) is 3. The van der Waals surface area contributed by atoms with Crippen LogP contribution in [0.1, 0.15) is 17.0 Å². The summed E-state index contributed by atoms with van der Waals surface area (Å²) >= 11 is 6.21. The molecule has 0 amide bonds. The summed E-state index contributed by atoms with van der Waals surface area (Å²) in [6.45, 7) is 0.344. The van der Waals surface area contributed by atoms with Crippen molar-refractivity contribution >= 4 is 34.3 Å². The summed E-state index contributed by atoms with van der Waals surface area (Å²) in [5.41, 5.74) is 3.85. The second kappa shape index (κ2) is 7.99. The van der Waals surface area contributed by atoms with Crippen molar-refractivity contribution in [2.45, 2.75) is 6.61 Å². The molecule has 0 fully saturated rings. The molecule has 0 saturated carbocycles. The average molecular weight is 386 g/mol. The fourth-order valence-corrected chi connectivity index (χ4v) is 3.08. The molecule has 0 radical (unpaired) electrons. The maximum absolute atomic E-state index is 9.66. The minimum absolute atomic E-state index is 0.344. The van der Waals surface area contributed by atoms with E-state index in [9.17, 15) is 5.26 Å². The second-order valence-electron chi connectivity index (χ2n) is 6.19. The third-order valence-corrected chi connectivity index (χ3v) is 4.69. The van der Waals surface area contributed by atoms with E-state index < -0.39 is 0 Å². The zero-order valence-electron chi connectivity index (χ0n) is 14.9. The lowest BCUT2D eigenvalue weighted by molar-refractivity contribution is 0.305. The SMILES string of the molecule is N#C/C(=C\c1ccccc1OCc1ccccc1Cl)c1nc2ccccc2[nH]1. The number of aromatic nitrogens is 2. The highest BCUT2D eigenvalue weighted by Gasteiger charge is 2.10. The van der Waals surface area contributed by atoms with Crippen LogP contribution in [-0.2, 0) is 6.61 Å². The molecule has 3 aromatic carbocycles. The number of rotatable bonds is 5. The Kier molecular flexibility index (Phi) is 5.09. The highest BCUT2D eigenvalue weighted by Crippen LogP contribution is 2.26. The summed E-state index contributed by atoms with van der Waals surface area (Å²) in [5.74, 6) is 1.20. The average Bonchev–Trinajstić information content (AvgIpc) is 3.16. The van der Waals surface area contributed by atoms with E-state index >= 15 is 0 Å². The first-order chi connectivity index (χ1) is 13.7. The Morgan fingerprint density at radius 2 is 1.79 bits per heavy atom. The van der Waals surface area contributed by atoms with Crippen LogP contribution in [-0.4, -0.2) is 9.97 Å². The monoisotopic (exact) mass is 385 g/mol. The minimum Gasteiger partial charge on any atom is -0.488 e. The predicted octanol–water partition coefficient (Wildman–Crippen LogP) is 5.86. The maximum Gasteiger partial charge on any atom is 0.149 e. The maximum atomic E-state index is 9.66. The molecule has 136 valence electrons. The Labute approximate surface area is 167 Å². The number of benzene rings is 3. The fourth-order valence-electron chi connectivity index (χ4n) is 2.89. The van der Waals surface area contributed by atoms with Crippen molar-refractivity contribution in [3.63, 3.8) is 0 Å². The molecule has 0 spiro atoms. The van der Waals surface area contributed by atoms with Gasteiger partial charge >= 0.3 is 0 Å². The van der Waals surface area contributed by atoms with Gasteiger partial charge in [-0.25, -0.2) is 4.98 Å². The molecule has 1 aromatic heterocycles. The van der Waals surface area contributed by atoms with Gasteiger partial charge in [-0.05, 0) is 30.3 Å². The van der Waals surface area contributed by atoms with E-state index in [1.165, 1.54) is 0 Å². The summed E-state index contributed by atoms with van der Waals surface area (Å²) in [7, 11) is 0. The molecule has 5 heteroatoms. The van der Waals surface area contributed by atoms with Crippen LogP contribution in [0.2, 0.25) is 5.02 Å². The summed E-state index contributed by atoms with van der Waals surface area (Å²) in [6.07, 6.45) is 1.78. The Morgan fingerprint density at radius 1 is 1.04 bits per heavy atom. The Bertz CT molecular complexity index is 1170. The third-order valence-electron chi connectivity index (χ3n) is 4.32. The van der Waals surface area contributed by atoms with Crippen molar-refractivity contribution < 1.29 is 4.74 Å². The number of allylic oxidation sites excluding steroid dienone is 1. The number of aromatic amines is 1. The van der Waals surface area contributed by atoms with Gasteiger partial charge in [-0.3, -0.25) is 0 Å². The Hall–Kier alpha value is -3.55. The van der Waals surface area contributed by atoms with Crippen LogP contribution >= 0.6 is 11.6 Å². The molecule has 1 N–H and O–H groups in total. The number of nitrogens with zero attached hydrogens (tertiary/aromatic N) is 2. The molecular formula is C23H16ClN3O. The van der Waals surface area contributed by atoms with Crippen LogP contribution in [0.3, 0.4) is 0 Å². The molecule has 4 aromatic rings. The number of halogens is 1. The normalized spacial score (nSPS) is 11.4. The molecular weight excluding hydrogens is 370 g/mol. The predicted molar refractivity (Wildman–Crippen MR) is 112 cm³/mol. The van der Waals surface area contributed by atoms with E-state index in [1.54, 1.807) is 6.08 Å². The molecule has 0 atom stereocenters.